The van der Waals surface area contributed by atoms with E-state index in [1.165, 1.54) is 12.8 Å². The maximum absolute atomic E-state index is 4.50. The van der Waals surface area contributed by atoms with Gasteiger partial charge in [-0.2, -0.15) is 0 Å². The Bertz CT molecular complexity index is 489. The Kier molecular flexibility index (Phi) is 3.19. The van der Waals surface area contributed by atoms with Crippen LogP contribution in [0.15, 0.2) is 42.7 Å². The predicted molar refractivity (Wildman–Crippen MR) is 71.7 cm³/mol. The van der Waals surface area contributed by atoms with Gasteiger partial charge >= 0.3 is 0 Å². The van der Waals surface area contributed by atoms with Crippen LogP contribution in [0.2, 0.25) is 0 Å². The quantitative estimate of drug-likeness (QED) is 0.866. The number of nitrogens with one attached hydrogen (secondary N) is 2. The second kappa shape index (κ2) is 5.14. The maximum Gasteiger partial charge on any atom is 0.130 e. The lowest BCUT2D eigenvalue weighted by atomic mass is 10.1. The lowest BCUT2D eigenvalue weighted by Crippen LogP contribution is -2.14. The average Bonchev–Trinajstić information content (AvgIpc) is 2.95. The summed E-state index contributed by atoms with van der Waals surface area (Å²) >= 11 is 0. The molecule has 1 saturated heterocycles. The second-order valence-corrected chi connectivity index (χ2v) is 4.46. The van der Waals surface area contributed by atoms with Crippen LogP contribution >= 0.6 is 0 Å². The Morgan fingerprint density at radius 3 is 2.83 bits per heavy atom. The summed E-state index contributed by atoms with van der Waals surface area (Å²) in [5, 5.41) is 6.67. The van der Waals surface area contributed by atoms with Crippen LogP contribution in [0.25, 0.3) is 0 Å². The third-order valence-electron chi connectivity index (χ3n) is 3.14. The van der Waals surface area contributed by atoms with E-state index >= 15 is 0 Å². The molecule has 3 heterocycles. The molecule has 0 unspecified atom stereocenters. The van der Waals surface area contributed by atoms with Crippen molar-refractivity contribution in [1.29, 1.82) is 0 Å². The molecule has 4 heteroatoms. The SMILES string of the molecule is c1ccc(Nc2ccc([C@@H]3CCCN3)nc2)nc1. The van der Waals surface area contributed by atoms with Crippen molar-refractivity contribution >= 4 is 11.5 Å². The lowest BCUT2D eigenvalue weighted by molar-refractivity contribution is 0.628. The number of pyridine rings is 2. The molecule has 0 radical (unpaired) electrons. The number of rotatable bonds is 3. The standard InChI is InChI=1S/C14H16N4/c1-2-8-16-14(5-1)18-11-6-7-13(17-10-11)12-4-3-9-15-12/h1-2,5-8,10,12,15H,3-4,9H2,(H,16,18)/t12-/m0/s1. The monoisotopic (exact) mass is 240 g/mol. The van der Waals surface area contributed by atoms with Gasteiger partial charge in [0.25, 0.3) is 0 Å². The largest absolute Gasteiger partial charge is 0.339 e. The van der Waals surface area contributed by atoms with Gasteiger partial charge < -0.3 is 10.6 Å². The summed E-state index contributed by atoms with van der Waals surface area (Å²) in [6, 6.07) is 10.4. The Balaban J connectivity index is 1.71. The predicted octanol–water partition coefficient (Wildman–Crippen LogP) is 2.64. The number of nitrogens with zero attached hydrogens (tertiary/aromatic N) is 2. The first kappa shape index (κ1) is 11.2. The molecule has 2 N–H and O–H groups in total. The van der Waals surface area contributed by atoms with E-state index in [1.807, 2.05) is 24.4 Å². The highest BCUT2D eigenvalue weighted by Crippen LogP contribution is 2.22. The smallest absolute Gasteiger partial charge is 0.130 e. The van der Waals surface area contributed by atoms with Crippen molar-refractivity contribution in [2.75, 3.05) is 11.9 Å². The molecule has 2 aromatic rings. The second-order valence-electron chi connectivity index (χ2n) is 4.46. The van der Waals surface area contributed by atoms with Crippen LogP contribution in [-0.2, 0) is 0 Å². The molecule has 2 aromatic heterocycles. The van der Waals surface area contributed by atoms with Gasteiger partial charge in [0.15, 0.2) is 0 Å². The Labute approximate surface area is 106 Å². The van der Waals surface area contributed by atoms with Crippen molar-refractivity contribution in [3.05, 3.63) is 48.4 Å². The van der Waals surface area contributed by atoms with E-state index in [1.54, 1.807) is 6.20 Å². The van der Waals surface area contributed by atoms with Crippen molar-refractivity contribution in [2.45, 2.75) is 18.9 Å². The Morgan fingerprint density at radius 1 is 1.17 bits per heavy atom. The fraction of sp³-hybridized carbons (Fsp3) is 0.286. The minimum Gasteiger partial charge on any atom is -0.339 e. The lowest BCUT2D eigenvalue weighted by Gasteiger charge is -2.10. The van der Waals surface area contributed by atoms with E-state index in [0.717, 1.165) is 23.7 Å². The summed E-state index contributed by atoms with van der Waals surface area (Å²) in [7, 11) is 0. The Hall–Kier alpha value is -1.94. The van der Waals surface area contributed by atoms with Crippen LogP contribution in [0.3, 0.4) is 0 Å². The first-order valence-corrected chi connectivity index (χ1v) is 6.29. The van der Waals surface area contributed by atoms with Gasteiger partial charge in [0.2, 0.25) is 0 Å². The van der Waals surface area contributed by atoms with Gasteiger partial charge in [0.05, 0.1) is 17.6 Å². The summed E-state index contributed by atoms with van der Waals surface area (Å²) in [6.07, 6.45) is 6.05. The number of hydrogen-bond donors (Lipinski definition) is 2. The number of hydrogen-bond acceptors (Lipinski definition) is 4. The third kappa shape index (κ3) is 2.49. The van der Waals surface area contributed by atoms with Crippen LogP contribution in [0.4, 0.5) is 11.5 Å². The highest BCUT2D eigenvalue weighted by atomic mass is 15.0. The molecule has 0 saturated carbocycles. The zero-order chi connectivity index (χ0) is 12.2. The van der Waals surface area contributed by atoms with Crippen LogP contribution in [-0.4, -0.2) is 16.5 Å². The molecule has 1 aliphatic heterocycles. The molecule has 0 amide bonds. The van der Waals surface area contributed by atoms with E-state index in [2.05, 4.69) is 32.7 Å². The van der Waals surface area contributed by atoms with Crippen molar-refractivity contribution in [3.63, 3.8) is 0 Å². The molecule has 18 heavy (non-hydrogen) atoms. The van der Waals surface area contributed by atoms with Crippen LogP contribution in [0.1, 0.15) is 24.6 Å². The van der Waals surface area contributed by atoms with Crippen LogP contribution < -0.4 is 10.6 Å². The van der Waals surface area contributed by atoms with Gasteiger partial charge in [0.1, 0.15) is 5.82 Å². The van der Waals surface area contributed by atoms with Crippen molar-refractivity contribution in [2.24, 2.45) is 0 Å². The molecule has 3 rings (SSSR count). The summed E-state index contributed by atoms with van der Waals surface area (Å²) < 4.78 is 0. The van der Waals surface area contributed by atoms with E-state index in [-0.39, 0.29) is 0 Å². The zero-order valence-corrected chi connectivity index (χ0v) is 10.1. The third-order valence-corrected chi connectivity index (χ3v) is 3.14. The molecule has 1 aliphatic rings. The highest BCUT2D eigenvalue weighted by Gasteiger charge is 2.16. The molecular formula is C14H16N4. The van der Waals surface area contributed by atoms with E-state index in [0.29, 0.717) is 6.04 Å². The highest BCUT2D eigenvalue weighted by molar-refractivity contribution is 5.54. The maximum atomic E-state index is 4.50. The van der Waals surface area contributed by atoms with Gasteiger partial charge in [-0.15, -0.1) is 0 Å². The number of aromatic nitrogens is 2. The molecule has 0 aromatic carbocycles. The Morgan fingerprint density at radius 2 is 2.17 bits per heavy atom. The molecule has 0 aliphatic carbocycles. The summed E-state index contributed by atoms with van der Waals surface area (Å²) in [5.41, 5.74) is 2.09. The van der Waals surface area contributed by atoms with Crippen molar-refractivity contribution in [3.8, 4) is 0 Å². The van der Waals surface area contributed by atoms with E-state index in [9.17, 15) is 0 Å². The molecule has 1 fully saturated rings. The summed E-state index contributed by atoms with van der Waals surface area (Å²) in [5.74, 6) is 0.839. The van der Waals surface area contributed by atoms with E-state index in [4.69, 9.17) is 0 Å². The average molecular weight is 240 g/mol. The topological polar surface area (TPSA) is 49.8 Å². The van der Waals surface area contributed by atoms with Gasteiger partial charge in [-0.1, -0.05) is 6.07 Å². The minimum absolute atomic E-state index is 0.425. The fourth-order valence-electron chi connectivity index (χ4n) is 2.21. The molecular weight excluding hydrogens is 224 g/mol. The summed E-state index contributed by atoms with van der Waals surface area (Å²) in [6.45, 7) is 1.10. The van der Waals surface area contributed by atoms with Crippen LogP contribution in [0, 0.1) is 0 Å². The zero-order valence-electron chi connectivity index (χ0n) is 10.1. The van der Waals surface area contributed by atoms with Crippen LogP contribution in [0.5, 0.6) is 0 Å². The first-order valence-electron chi connectivity index (χ1n) is 6.29. The molecule has 1 atom stereocenters. The molecule has 0 bridgehead atoms. The fourth-order valence-corrected chi connectivity index (χ4v) is 2.21. The molecule has 92 valence electrons. The van der Waals surface area contributed by atoms with Crippen molar-refractivity contribution < 1.29 is 0 Å². The normalized spacial score (nSPS) is 18.8. The minimum atomic E-state index is 0.425. The van der Waals surface area contributed by atoms with Gasteiger partial charge in [-0.25, -0.2) is 4.98 Å². The first-order chi connectivity index (χ1) is 8.92. The van der Waals surface area contributed by atoms with Gasteiger partial charge in [-0.05, 0) is 43.7 Å². The molecule has 4 nitrogen and oxygen atoms in total. The van der Waals surface area contributed by atoms with Gasteiger partial charge in [0, 0.05) is 12.2 Å². The van der Waals surface area contributed by atoms with E-state index < -0.39 is 0 Å². The van der Waals surface area contributed by atoms with Gasteiger partial charge in [-0.3, -0.25) is 4.98 Å². The van der Waals surface area contributed by atoms with Crippen molar-refractivity contribution in [1.82, 2.24) is 15.3 Å². The summed E-state index contributed by atoms with van der Waals surface area (Å²) in [4.78, 5) is 8.73. The molecule has 0 spiro atoms. The number of anilines is 2.